The standard InChI is InChI=1S/C24H27N/c1-4-8-18(2)20-11-13-22(14-12-20)25-23-15-16-24(19(3)17-23)21-9-6-5-7-10-21/h4-11,13-16,19-20,25H,1,12,17H2,2-3H3/b18-8+. The molecule has 1 heteroatoms. The normalized spacial score (nSPS) is 23.4. The fourth-order valence-corrected chi connectivity index (χ4v) is 3.51. The molecule has 0 spiro atoms. The van der Waals surface area contributed by atoms with Crippen molar-refractivity contribution in [2.75, 3.05) is 0 Å². The van der Waals surface area contributed by atoms with E-state index in [0.717, 1.165) is 12.8 Å². The van der Waals surface area contributed by atoms with Crippen molar-refractivity contribution >= 4 is 5.57 Å². The minimum atomic E-state index is 0.493. The fraction of sp³-hybridized carbons (Fsp3) is 0.250. The number of nitrogens with one attached hydrogen (secondary N) is 1. The van der Waals surface area contributed by atoms with E-state index in [1.165, 1.54) is 28.1 Å². The minimum Gasteiger partial charge on any atom is -0.359 e. The molecule has 1 aromatic rings. The lowest BCUT2D eigenvalue weighted by atomic mass is 9.86. The van der Waals surface area contributed by atoms with Gasteiger partial charge in [-0.3, -0.25) is 0 Å². The van der Waals surface area contributed by atoms with E-state index < -0.39 is 0 Å². The Morgan fingerprint density at radius 2 is 2.00 bits per heavy atom. The third-order valence-electron chi connectivity index (χ3n) is 5.00. The average molecular weight is 329 g/mol. The van der Waals surface area contributed by atoms with Gasteiger partial charge in [-0.25, -0.2) is 0 Å². The predicted molar refractivity (Wildman–Crippen MR) is 109 cm³/mol. The first kappa shape index (κ1) is 17.3. The maximum Gasteiger partial charge on any atom is 0.0338 e. The van der Waals surface area contributed by atoms with Gasteiger partial charge in [-0.05, 0) is 49.0 Å². The molecule has 0 amide bonds. The quantitative estimate of drug-likeness (QED) is 0.636. The lowest BCUT2D eigenvalue weighted by molar-refractivity contribution is 0.684. The first-order valence-corrected chi connectivity index (χ1v) is 9.08. The van der Waals surface area contributed by atoms with Gasteiger partial charge in [-0.1, -0.05) is 79.8 Å². The van der Waals surface area contributed by atoms with Crippen LogP contribution in [0, 0.1) is 11.8 Å². The first-order chi connectivity index (χ1) is 12.2. The molecule has 1 aromatic carbocycles. The monoisotopic (exact) mass is 329 g/mol. The van der Waals surface area contributed by atoms with Crippen LogP contribution in [0.4, 0.5) is 0 Å². The molecule has 2 atom stereocenters. The zero-order valence-corrected chi connectivity index (χ0v) is 15.2. The third kappa shape index (κ3) is 4.30. The highest BCUT2D eigenvalue weighted by Crippen LogP contribution is 2.32. The fourth-order valence-electron chi connectivity index (χ4n) is 3.51. The third-order valence-corrected chi connectivity index (χ3v) is 5.00. The SMILES string of the molecule is C=C/C=C(\C)C1C=CC(NC2=CC=C(c3ccccc3)C(C)C2)=CC1. The number of rotatable bonds is 5. The summed E-state index contributed by atoms with van der Waals surface area (Å²) in [6, 6.07) is 10.7. The van der Waals surface area contributed by atoms with Gasteiger partial charge >= 0.3 is 0 Å². The van der Waals surface area contributed by atoms with E-state index >= 15 is 0 Å². The summed E-state index contributed by atoms with van der Waals surface area (Å²) in [5.41, 5.74) is 6.61. The molecule has 128 valence electrons. The van der Waals surface area contributed by atoms with Gasteiger partial charge < -0.3 is 5.32 Å². The Morgan fingerprint density at radius 3 is 2.64 bits per heavy atom. The number of benzene rings is 1. The smallest absolute Gasteiger partial charge is 0.0338 e. The zero-order chi connectivity index (χ0) is 17.6. The Bertz CT molecular complexity index is 772. The van der Waals surface area contributed by atoms with Crippen LogP contribution in [0.1, 0.15) is 32.3 Å². The van der Waals surface area contributed by atoms with Crippen LogP contribution in [-0.4, -0.2) is 0 Å². The van der Waals surface area contributed by atoms with Crippen molar-refractivity contribution in [3.05, 3.63) is 102 Å². The molecule has 0 aromatic heterocycles. The molecule has 25 heavy (non-hydrogen) atoms. The van der Waals surface area contributed by atoms with E-state index in [-0.39, 0.29) is 0 Å². The summed E-state index contributed by atoms with van der Waals surface area (Å²) < 4.78 is 0. The van der Waals surface area contributed by atoms with E-state index in [4.69, 9.17) is 0 Å². The largest absolute Gasteiger partial charge is 0.359 e. The molecule has 0 saturated carbocycles. The Balaban J connectivity index is 1.66. The molecule has 2 unspecified atom stereocenters. The summed E-state index contributed by atoms with van der Waals surface area (Å²) in [5, 5.41) is 3.60. The van der Waals surface area contributed by atoms with E-state index in [0.29, 0.717) is 11.8 Å². The maximum absolute atomic E-state index is 3.78. The Hall–Kier alpha value is -2.54. The molecule has 0 saturated heterocycles. The summed E-state index contributed by atoms with van der Waals surface area (Å²) in [4.78, 5) is 0. The number of allylic oxidation sites excluding steroid dienone is 10. The molecule has 1 N–H and O–H groups in total. The summed E-state index contributed by atoms with van der Waals surface area (Å²) in [6.07, 6.45) is 17.3. The highest BCUT2D eigenvalue weighted by molar-refractivity contribution is 5.70. The summed E-state index contributed by atoms with van der Waals surface area (Å²) in [7, 11) is 0. The van der Waals surface area contributed by atoms with Crippen LogP contribution in [0.3, 0.4) is 0 Å². The Morgan fingerprint density at radius 1 is 1.20 bits per heavy atom. The molecule has 0 aliphatic heterocycles. The van der Waals surface area contributed by atoms with Gasteiger partial charge in [0, 0.05) is 17.3 Å². The van der Waals surface area contributed by atoms with Crippen molar-refractivity contribution < 1.29 is 0 Å². The van der Waals surface area contributed by atoms with Crippen molar-refractivity contribution in [1.82, 2.24) is 5.32 Å². The Kier molecular flexibility index (Phi) is 5.55. The topological polar surface area (TPSA) is 12.0 Å². The van der Waals surface area contributed by atoms with E-state index in [9.17, 15) is 0 Å². The lowest BCUT2D eigenvalue weighted by Gasteiger charge is -2.24. The van der Waals surface area contributed by atoms with Crippen molar-refractivity contribution in [3.8, 4) is 0 Å². The van der Waals surface area contributed by atoms with Crippen LogP contribution in [-0.2, 0) is 0 Å². The molecule has 0 heterocycles. The molecule has 0 bridgehead atoms. The van der Waals surface area contributed by atoms with E-state index in [1.807, 2.05) is 6.08 Å². The molecule has 2 aliphatic rings. The van der Waals surface area contributed by atoms with Crippen molar-refractivity contribution in [2.24, 2.45) is 11.8 Å². The molecular weight excluding hydrogens is 302 g/mol. The van der Waals surface area contributed by atoms with Crippen LogP contribution in [0.25, 0.3) is 5.57 Å². The van der Waals surface area contributed by atoms with Gasteiger partial charge in [-0.2, -0.15) is 0 Å². The van der Waals surface area contributed by atoms with Gasteiger partial charge in [-0.15, -0.1) is 0 Å². The van der Waals surface area contributed by atoms with E-state index in [2.05, 4.69) is 92.5 Å². The van der Waals surface area contributed by atoms with Gasteiger partial charge in [0.15, 0.2) is 0 Å². The van der Waals surface area contributed by atoms with Crippen LogP contribution < -0.4 is 5.32 Å². The van der Waals surface area contributed by atoms with Crippen LogP contribution in [0.2, 0.25) is 0 Å². The summed E-state index contributed by atoms with van der Waals surface area (Å²) in [5.74, 6) is 1.01. The molecule has 0 radical (unpaired) electrons. The number of hydrogen-bond donors (Lipinski definition) is 1. The minimum absolute atomic E-state index is 0.493. The highest BCUT2D eigenvalue weighted by Gasteiger charge is 2.17. The van der Waals surface area contributed by atoms with Crippen LogP contribution in [0.5, 0.6) is 0 Å². The first-order valence-electron chi connectivity index (χ1n) is 9.08. The maximum atomic E-state index is 3.78. The van der Waals surface area contributed by atoms with Crippen molar-refractivity contribution in [2.45, 2.75) is 26.7 Å². The van der Waals surface area contributed by atoms with Crippen LogP contribution >= 0.6 is 0 Å². The van der Waals surface area contributed by atoms with Gasteiger partial charge in [0.1, 0.15) is 0 Å². The average Bonchev–Trinajstić information content (AvgIpc) is 2.63. The predicted octanol–water partition coefficient (Wildman–Crippen LogP) is 6.18. The highest BCUT2D eigenvalue weighted by atomic mass is 14.9. The van der Waals surface area contributed by atoms with Crippen molar-refractivity contribution in [1.29, 1.82) is 0 Å². The zero-order valence-electron chi connectivity index (χ0n) is 15.2. The summed E-state index contributed by atoms with van der Waals surface area (Å²) in [6.45, 7) is 8.26. The molecule has 2 aliphatic carbocycles. The van der Waals surface area contributed by atoms with Gasteiger partial charge in [0.05, 0.1) is 0 Å². The second-order valence-electron chi connectivity index (χ2n) is 6.92. The number of hydrogen-bond acceptors (Lipinski definition) is 1. The summed E-state index contributed by atoms with van der Waals surface area (Å²) >= 11 is 0. The second kappa shape index (κ2) is 8.02. The molecule has 3 rings (SSSR count). The van der Waals surface area contributed by atoms with E-state index in [1.54, 1.807) is 0 Å². The second-order valence-corrected chi connectivity index (χ2v) is 6.92. The Labute approximate surface area is 151 Å². The van der Waals surface area contributed by atoms with Gasteiger partial charge in [0.2, 0.25) is 0 Å². The molecule has 1 nitrogen and oxygen atoms in total. The van der Waals surface area contributed by atoms with Crippen molar-refractivity contribution in [3.63, 3.8) is 0 Å². The molecular formula is C24H27N. The van der Waals surface area contributed by atoms with Gasteiger partial charge in [0.25, 0.3) is 0 Å². The van der Waals surface area contributed by atoms with Crippen LogP contribution in [0.15, 0.2) is 96.4 Å². The lowest BCUT2D eigenvalue weighted by Crippen LogP contribution is -2.18. The molecule has 0 fully saturated rings.